The van der Waals surface area contributed by atoms with Gasteiger partial charge in [0, 0.05) is 26.2 Å². The van der Waals surface area contributed by atoms with Crippen LogP contribution < -0.4 is 0 Å². The molecule has 4 nitrogen and oxygen atoms in total. The molecule has 1 rings (SSSR count). The van der Waals surface area contributed by atoms with Gasteiger partial charge in [-0.3, -0.25) is 4.90 Å². The fourth-order valence-corrected chi connectivity index (χ4v) is 1.84. The Kier molecular flexibility index (Phi) is 6.92. The highest BCUT2D eigenvalue weighted by Gasteiger charge is 2.09. The van der Waals surface area contributed by atoms with Gasteiger partial charge in [-0.1, -0.05) is 0 Å². The minimum atomic E-state index is 0.299. The number of ether oxygens (including phenoxy) is 1. The standard InChI is InChI=1S/C11H24N2O2/c1-12(5-3-9-14)4-2-6-13-7-10-15-11-8-13/h14H,2-11H2,1H3. The molecule has 1 heterocycles. The van der Waals surface area contributed by atoms with E-state index < -0.39 is 0 Å². The second kappa shape index (κ2) is 8.05. The SMILES string of the molecule is CN(CCCO)CCCN1CCOCC1. The third-order valence-electron chi connectivity index (χ3n) is 2.82. The molecule has 90 valence electrons. The van der Waals surface area contributed by atoms with Gasteiger partial charge in [0.15, 0.2) is 0 Å². The van der Waals surface area contributed by atoms with E-state index in [0.29, 0.717) is 6.61 Å². The van der Waals surface area contributed by atoms with E-state index in [9.17, 15) is 0 Å². The molecule has 0 saturated carbocycles. The van der Waals surface area contributed by atoms with E-state index in [1.165, 1.54) is 13.0 Å². The average Bonchev–Trinajstić information content (AvgIpc) is 2.28. The third-order valence-corrected chi connectivity index (χ3v) is 2.82. The third kappa shape index (κ3) is 6.10. The minimum absolute atomic E-state index is 0.299. The number of aliphatic hydroxyl groups is 1. The van der Waals surface area contributed by atoms with Crippen LogP contribution in [-0.2, 0) is 4.74 Å². The van der Waals surface area contributed by atoms with E-state index in [2.05, 4.69) is 16.8 Å². The highest BCUT2D eigenvalue weighted by atomic mass is 16.5. The molecule has 0 amide bonds. The Morgan fingerprint density at radius 1 is 1.20 bits per heavy atom. The first-order valence-corrected chi connectivity index (χ1v) is 5.92. The van der Waals surface area contributed by atoms with Crippen LogP contribution in [0.3, 0.4) is 0 Å². The van der Waals surface area contributed by atoms with Crippen LogP contribution in [0.5, 0.6) is 0 Å². The number of rotatable bonds is 7. The van der Waals surface area contributed by atoms with E-state index >= 15 is 0 Å². The molecular formula is C11H24N2O2. The van der Waals surface area contributed by atoms with Gasteiger partial charge in [0.05, 0.1) is 13.2 Å². The van der Waals surface area contributed by atoms with E-state index in [1.54, 1.807) is 0 Å². The summed E-state index contributed by atoms with van der Waals surface area (Å²) in [7, 11) is 2.12. The predicted octanol–water partition coefficient (Wildman–Crippen LogP) is 0.0229. The Labute approximate surface area is 92.8 Å². The van der Waals surface area contributed by atoms with Gasteiger partial charge in [0.25, 0.3) is 0 Å². The second-order valence-electron chi connectivity index (χ2n) is 4.19. The Morgan fingerprint density at radius 2 is 1.87 bits per heavy atom. The highest BCUT2D eigenvalue weighted by Crippen LogP contribution is 1.99. The lowest BCUT2D eigenvalue weighted by Crippen LogP contribution is -2.38. The maximum atomic E-state index is 8.70. The van der Waals surface area contributed by atoms with Crippen LogP contribution in [0.15, 0.2) is 0 Å². The Morgan fingerprint density at radius 3 is 2.53 bits per heavy atom. The highest BCUT2D eigenvalue weighted by molar-refractivity contribution is 4.62. The Bertz CT molecular complexity index is 150. The van der Waals surface area contributed by atoms with Gasteiger partial charge in [-0.25, -0.2) is 0 Å². The molecule has 0 unspecified atom stereocenters. The van der Waals surface area contributed by atoms with Gasteiger partial charge in [-0.2, -0.15) is 0 Å². The molecular weight excluding hydrogens is 192 g/mol. The van der Waals surface area contributed by atoms with Crippen molar-refractivity contribution in [2.75, 3.05) is 59.6 Å². The number of aliphatic hydroxyl groups excluding tert-OH is 1. The summed E-state index contributed by atoms with van der Waals surface area (Å²) in [5.41, 5.74) is 0. The molecule has 1 aliphatic rings. The zero-order chi connectivity index (χ0) is 10.9. The normalized spacial score (nSPS) is 18.6. The topological polar surface area (TPSA) is 35.9 Å². The molecule has 0 aromatic carbocycles. The number of hydrogen-bond acceptors (Lipinski definition) is 4. The molecule has 1 N–H and O–H groups in total. The van der Waals surface area contributed by atoms with Crippen LogP contribution in [0.25, 0.3) is 0 Å². The lowest BCUT2D eigenvalue weighted by Gasteiger charge is -2.27. The van der Waals surface area contributed by atoms with Crippen molar-refractivity contribution in [1.82, 2.24) is 9.80 Å². The first-order chi connectivity index (χ1) is 7.33. The summed E-state index contributed by atoms with van der Waals surface area (Å²) in [5, 5.41) is 8.70. The van der Waals surface area contributed by atoms with E-state index in [1.807, 2.05) is 0 Å². The maximum absolute atomic E-state index is 8.70. The van der Waals surface area contributed by atoms with Crippen LogP contribution >= 0.6 is 0 Å². The summed E-state index contributed by atoms with van der Waals surface area (Å²) in [6, 6.07) is 0. The monoisotopic (exact) mass is 216 g/mol. The van der Waals surface area contributed by atoms with E-state index in [4.69, 9.17) is 9.84 Å². The molecule has 0 aliphatic carbocycles. The number of hydrogen-bond donors (Lipinski definition) is 1. The Hall–Kier alpha value is -0.160. The van der Waals surface area contributed by atoms with Crippen molar-refractivity contribution in [3.05, 3.63) is 0 Å². The van der Waals surface area contributed by atoms with Crippen LogP contribution in [0.4, 0.5) is 0 Å². The van der Waals surface area contributed by atoms with Crippen molar-refractivity contribution in [1.29, 1.82) is 0 Å². The molecule has 0 aromatic heterocycles. The molecule has 0 bridgehead atoms. The van der Waals surface area contributed by atoms with Gasteiger partial charge < -0.3 is 14.7 Å². The van der Waals surface area contributed by atoms with Gasteiger partial charge in [-0.15, -0.1) is 0 Å². The Balaban J connectivity index is 1.94. The molecule has 1 fully saturated rings. The van der Waals surface area contributed by atoms with Crippen molar-refractivity contribution in [3.63, 3.8) is 0 Å². The predicted molar refractivity (Wildman–Crippen MR) is 61.1 cm³/mol. The smallest absolute Gasteiger partial charge is 0.0594 e. The van der Waals surface area contributed by atoms with Crippen molar-refractivity contribution in [3.8, 4) is 0 Å². The quantitative estimate of drug-likeness (QED) is 0.651. The summed E-state index contributed by atoms with van der Waals surface area (Å²) < 4.78 is 5.30. The zero-order valence-electron chi connectivity index (χ0n) is 9.82. The zero-order valence-corrected chi connectivity index (χ0v) is 9.82. The van der Waals surface area contributed by atoms with Gasteiger partial charge in [-0.05, 0) is 33.0 Å². The summed E-state index contributed by atoms with van der Waals surface area (Å²) in [6.45, 7) is 7.54. The maximum Gasteiger partial charge on any atom is 0.0594 e. The molecule has 15 heavy (non-hydrogen) atoms. The van der Waals surface area contributed by atoms with Crippen LogP contribution in [0.2, 0.25) is 0 Å². The van der Waals surface area contributed by atoms with Gasteiger partial charge >= 0.3 is 0 Å². The fourth-order valence-electron chi connectivity index (χ4n) is 1.84. The first-order valence-electron chi connectivity index (χ1n) is 5.92. The molecule has 0 aromatic rings. The van der Waals surface area contributed by atoms with Crippen molar-refractivity contribution < 1.29 is 9.84 Å². The van der Waals surface area contributed by atoms with Gasteiger partial charge in [0.2, 0.25) is 0 Å². The van der Waals surface area contributed by atoms with Crippen LogP contribution in [-0.4, -0.2) is 74.5 Å². The lowest BCUT2D eigenvalue weighted by molar-refractivity contribution is 0.0363. The second-order valence-corrected chi connectivity index (χ2v) is 4.19. The van der Waals surface area contributed by atoms with E-state index in [0.717, 1.165) is 45.8 Å². The van der Waals surface area contributed by atoms with Crippen LogP contribution in [0, 0.1) is 0 Å². The molecule has 0 spiro atoms. The fraction of sp³-hybridized carbons (Fsp3) is 1.00. The minimum Gasteiger partial charge on any atom is -0.396 e. The number of morpholine rings is 1. The van der Waals surface area contributed by atoms with Crippen molar-refractivity contribution in [2.24, 2.45) is 0 Å². The summed E-state index contributed by atoms with van der Waals surface area (Å²) in [5.74, 6) is 0. The molecule has 0 radical (unpaired) electrons. The molecule has 1 saturated heterocycles. The summed E-state index contributed by atoms with van der Waals surface area (Å²) in [6.07, 6.45) is 2.09. The number of nitrogens with zero attached hydrogens (tertiary/aromatic N) is 2. The largest absolute Gasteiger partial charge is 0.396 e. The van der Waals surface area contributed by atoms with Crippen molar-refractivity contribution >= 4 is 0 Å². The van der Waals surface area contributed by atoms with Crippen molar-refractivity contribution in [2.45, 2.75) is 12.8 Å². The first kappa shape index (κ1) is 12.9. The lowest BCUT2D eigenvalue weighted by atomic mass is 10.3. The summed E-state index contributed by atoms with van der Waals surface area (Å²) >= 11 is 0. The average molecular weight is 216 g/mol. The summed E-state index contributed by atoms with van der Waals surface area (Å²) in [4.78, 5) is 4.75. The molecule has 4 heteroatoms. The molecule has 0 atom stereocenters. The van der Waals surface area contributed by atoms with E-state index in [-0.39, 0.29) is 0 Å². The van der Waals surface area contributed by atoms with Crippen LogP contribution in [0.1, 0.15) is 12.8 Å². The van der Waals surface area contributed by atoms with Gasteiger partial charge in [0.1, 0.15) is 0 Å². The molecule has 1 aliphatic heterocycles.